The maximum atomic E-state index is 6.80. The third-order valence-electron chi connectivity index (χ3n) is 6.88. The molecule has 0 radical (unpaired) electrons. The van der Waals surface area contributed by atoms with Crippen LogP contribution in [0.25, 0.3) is 21.5 Å². The van der Waals surface area contributed by atoms with Crippen molar-refractivity contribution in [2.24, 2.45) is 4.99 Å². The van der Waals surface area contributed by atoms with Gasteiger partial charge in [0, 0.05) is 18.4 Å². The Morgan fingerprint density at radius 2 is 1.18 bits per heavy atom. The minimum atomic E-state index is -0.414. The van der Waals surface area contributed by atoms with Crippen LogP contribution in [0.4, 0.5) is 0 Å². The summed E-state index contributed by atoms with van der Waals surface area (Å²) in [5.41, 5.74) is 4.42. The molecule has 0 saturated carbocycles. The quantitative estimate of drug-likeness (QED) is 0.280. The van der Waals surface area contributed by atoms with Gasteiger partial charge in [-0.2, -0.15) is 0 Å². The van der Waals surface area contributed by atoms with E-state index in [-0.39, 0.29) is 0 Å². The molecule has 0 unspecified atom stereocenters. The molecule has 0 bridgehead atoms. The Morgan fingerprint density at radius 1 is 0.647 bits per heavy atom. The Hall–Kier alpha value is -3.91. The zero-order valence-corrected chi connectivity index (χ0v) is 19.4. The molecule has 5 aromatic rings. The lowest BCUT2D eigenvalue weighted by Gasteiger charge is -2.29. The standard InChI is InChI=1S/C32H27NO/c1-23-8-2-7-13-30(23)31-33-22-32(34-31,20-24-14-16-26-9-3-5-11-28(26)18-24)21-25-15-17-27-10-4-6-12-29(27)19-25/h2-19H,20-22H2,1H3. The first-order valence-electron chi connectivity index (χ1n) is 11.9. The summed E-state index contributed by atoms with van der Waals surface area (Å²) in [7, 11) is 0. The average molecular weight is 442 g/mol. The van der Waals surface area contributed by atoms with Gasteiger partial charge < -0.3 is 4.74 Å². The number of aliphatic imine (C=N–C) groups is 1. The average Bonchev–Trinajstić information content (AvgIpc) is 3.27. The molecule has 1 heterocycles. The number of ether oxygens (including phenoxy) is 1. The van der Waals surface area contributed by atoms with Crippen molar-refractivity contribution < 1.29 is 4.74 Å². The molecule has 6 rings (SSSR count). The zero-order chi connectivity index (χ0) is 23.0. The minimum Gasteiger partial charge on any atom is -0.468 e. The summed E-state index contributed by atoms with van der Waals surface area (Å²) in [4.78, 5) is 4.93. The number of rotatable bonds is 5. The number of hydrogen-bond donors (Lipinski definition) is 0. The number of fused-ring (bicyclic) bond motifs is 2. The van der Waals surface area contributed by atoms with E-state index in [9.17, 15) is 0 Å². The molecule has 0 N–H and O–H groups in total. The van der Waals surface area contributed by atoms with E-state index in [4.69, 9.17) is 9.73 Å². The fourth-order valence-corrected chi connectivity index (χ4v) is 5.13. The van der Waals surface area contributed by atoms with Gasteiger partial charge in [0.1, 0.15) is 5.60 Å². The summed E-state index contributed by atoms with van der Waals surface area (Å²) >= 11 is 0. The lowest BCUT2D eigenvalue weighted by atomic mass is 9.87. The van der Waals surface area contributed by atoms with Crippen molar-refractivity contribution in [1.29, 1.82) is 0 Å². The molecule has 0 aromatic heterocycles. The van der Waals surface area contributed by atoms with Crippen LogP contribution in [0.3, 0.4) is 0 Å². The van der Waals surface area contributed by atoms with Gasteiger partial charge in [-0.25, -0.2) is 4.99 Å². The molecule has 1 aliphatic rings. The monoisotopic (exact) mass is 441 g/mol. The van der Waals surface area contributed by atoms with Crippen molar-refractivity contribution in [3.8, 4) is 0 Å². The van der Waals surface area contributed by atoms with Gasteiger partial charge in [-0.1, -0.05) is 103 Å². The SMILES string of the molecule is Cc1ccccc1C1=NCC(Cc2ccc3ccccc3c2)(Cc2ccc3ccccc3c2)O1. The topological polar surface area (TPSA) is 21.6 Å². The van der Waals surface area contributed by atoms with Crippen LogP contribution in [0, 0.1) is 6.92 Å². The molecule has 0 amide bonds. The second-order valence-corrected chi connectivity index (χ2v) is 9.44. The minimum absolute atomic E-state index is 0.414. The highest BCUT2D eigenvalue weighted by Gasteiger charge is 2.39. The summed E-state index contributed by atoms with van der Waals surface area (Å²) < 4.78 is 6.80. The van der Waals surface area contributed by atoms with Crippen LogP contribution in [0.5, 0.6) is 0 Å². The van der Waals surface area contributed by atoms with Crippen LogP contribution in [0.2, 0.25) is 0 Å². The summed E-state index contributed by atoms with van der Waals surface area (Å²) in [5, 5.41) is 5.05. The van der Waals surface area contributed by atoms with Crippen molar-refractivity contribution >= 4 is 27.4 Å². The van der Waals surface area contributed by atoms with Gasteiger partial charge in [0.05, 0.1) is 6.54 Å². The normalized spacial score (nSPS) is 14.8. The van der Waals surface area contributed by atoms with E-state index in [0.29, 0.717) is 6.54 Å². The van der Waals surface area contributed by atoms with E-state index in [0.717, 1.165) is 24.3 Å². The number of nitrogens with zero attached hydrogens (tertiary/aromatic N) is 1. The molecule has 2 heteroatoms. The highest BCUT2D eigenvalue weighted by Crippen LogP contribution is 2.32. The second-order valence-electron chi connectivity index (χ2n) is 9.44. The number of benzene rings is 5. The van der Waals surface area contributed by atoms with Crippen molar-refractivity contribution in [1.82, 2.24) is 0 Å². The lowest BCUT2D eigenvalue weighted by molar-refractivity contribution is 0.0887. The van der Waals surface area contributed by atoms with Gasteiger partial charge in [0.2, 0.25) is 5.90 Å². The van der Waals surface area contributed by atoms with Gasteiger partial charge >= 0.3 is 0 Å². The van der Waals surface area contributed by atoms with Gasteiger partial charge in [-0.15, -0.1) is 0 Å². The van der Waals surface area contributed by atoms with Crippen molar-refractivity contribution in [2.45, 2.75) is 25.4 Å². The highest BCUT2D eigenvalue weighted by atomic mass is 16.5. The van der Waals surface area contributed by atoms with Gasteiger partial charge in [-0.3, -0.25) is 0 Å². The fraction of sp³-hybridized carbons (Fsp3) is 0.156. The molecule has 5 aromatic carbocycles. The molecule has 2 nitrogen and oxygen atoms in total. The van der Waals surface area contributed by atoms with E-state index in [1.807, 2.05) is 0 Å². The van der Waals surface area contributed by atoms with E-state index in [2.05, 4.69) is 116 Å². The first kappa shape index (κ1) is 20.7. The van der Waals surface area contributed by atoms with E-state index < -0.39 is 5.60 Å². The van der Waals surface area contributed by atoms with Crippen LogP contribution in [-0.4, -0.2) is 18.0 Å². The molecule has 0 spiro atoms. The summed E-state index contributed by atoms with van der Waals surface area (Å²) in [6.07, 6.45) is 1.62. The first-order chi connectivity index (χ1) is 16.7. The van der Waals surface area contributed by atoms with Gasteiger partial charge in [-0.05, 0) is 51.2 Å². The second kappa shape index (κ2) is 8.46. The predicted molar refractivity (Wildman–Crippen MR) is 142 cm³/mol. The summed E-state index contributed by atoms with van der Waals surface area (Å²) in [5.74, 6) is 0.764. The molecule has 0 saturated heterocycles. The zero-order valence-electron chi connectivity index (χ0n) is 19.4. The van der Waals surface area contributed by atoms with Crippen LogP contribution < -0.4 is 0 Å². The number of aryl methyl sites for hydroxylation is 1. The Balaban J connectivity index is 1.37. The third kappa shape index (κ3) is 3.97. The highest BCUT2D eigenvalue weighted by molar-refractivity contribution is 5.97. The third-order valence-corrected chi connectivity index (χ3v) is 6.88. The fourth-order valence-electron chi connectivity index (χ4n) is 5.13. The van der Waals surface area contributed by atoms with E-state index >= 15 is 0 Å². The van der Waals surface area contributed by atoms with E-state index in [1.54, 1.807) is 0 Å². The Kier molecular flexibility index (Phi) is 5.15. The summed E-state index contributed by atoms with van der Waals surface area (Å²) in [6, 6.07) is 38.9. The first-order valence-corrected chi connectivity index (χ1v) is 11.9. The smallest absolute Gasteiger partial charge is 0.217 e. The van der Waals surface area contributed by atoms with E-state index in [1.165, 1.54) is 38.2 Å². The molecular weight excluding hydrogens is 414 g/mol. The van der Waals surface area contributed by atoms with Crippen LogP contribution in [0.1, 0.15) is 22.3 Å². The largest absolute Gasteiger partial charge is 0.468 e. The van der Waals surface area contributed by atoms with Crippen LogP contribution in [0.15, 0.2) is 114 Å². The Labute approximate surface area is 200 Å². The summed E-state index contributed by atoms with van der Waals surface area (Å²) in [6.45, 7) is 2.77. The Bertz CT molecular complexity index is 1450. The molecular formula is C32H27NO. The Morgan fingerprint density at radius 3 is 1.76 bits per heavy atom. The number of hydrogen-bond acceptors (Lipinski definition) is 2. The molecule has 1 aliphatic heterocycles. The molecule has 34 heavy (non-hydrogen) atoms. The molecule has 0 fully saturated rings. The van der Waals surface area contributed by atoms with Gasteiger partial charge in [0.15, 0.2) is 0 Å². The van der Waals surface area contributed by atoms with Crippen LogP contribution in [-0.2, 0) is 17.6 Å². The van der Waals surface area contributed by atoms with Crippen LogP contribution >= 0.6 is 0 Å². The maximum absolute atomic E-state index is 6.80. The maximum Gasteiger partial charge on any atom is 0.217 e. The van der Waals surface area contributed by atoms with Crippen molar-refractivity contribution in [3.63, 3.8) is 0 Å². The molecule has 0 atom stereocenters. The molecule has 0 aliphatic carbocycles. The van der Waals surface area contributed by atoms with Gasteiger partial charge in [0.25, 0.3) is 0 Å². The van der Waals surface area contributed by atoms with Crippen molar-refractivity contribution in [3.05, 3.63) is 131 Å². The molecule has 166 valence electrons. The lowest BCUT2D eigenvalue weighted by Crippen LogP contribution is -2.38. The predicted octanol–water partition coefficient (Wildman–Crippen LogP) is 7.30. The van der Waals surface area contributed by atoms with Crippen molar-refractivity contribution in [2.75, 3.05) is 6.54 Å².